The standard InChI is InChI=1S/C16H25N3O.2ClH/c1-2-17-13-15-7-11-19(12-8-15)16(20)4-3-14-5-9-18-10-6-14;;/h5-6,9-10,15,17H,2-4,7-8,11-13H2,1H3;2*1H. The zero-order valence-electron chi connectivity index (χ0n) is 13.2. The van der Waals surface area contributed by atoms with Crippen LogP contribution in [0.1, 0.15) is 31.7 Å². The number of pyridine rings is 1. The second-order valence-corrected chi connectivity index (χ2v) is 5.49. The molecule has 1 aliphatic heterocycles. The summed E-state index contributed by atoms with van der Waals surface area (Å²) in [6.45, 7) is 6.11. The minimum atomic E-state index is 0. The van der Waals surface area contributed by atoms with Gasteiger partial charge in [0, 0.05) is 31.9 Å². The Morgan fingerprint density at radius 2 is 1.91 bits per heavy atom. The van der Waals surface area contributed by atoms with Gasteiger partial charge < -0.3 is 10.2 Å². The van der Waals surface area contributed by atoms with Gasteiger partial charge in [-0.3, -0.25) is 9.78 Å². The van der Waals surface area contributed by atoms with Crippen molar-refractivity contribution in [3.05, 3.63) is 30.1 Å². The van der Waals surface area contributed by atoms with E-state index in [1.807, 2.05) is 17.0 Å². The van der Waals surface area contributed by atoms with Gasteiger partial charge in [0.15, 0.2) is 0 Å². The molecule has 0 saturated carbocycles. The highest BCUT2D eigenvalue weighted by Crippen LogP contribution is 2.17. The first-order valence-electron chi connectivity index (χ1n) is 7.67. The number of aromatic nitrogens is 1. The molecule has 2 rings (SSSR count). The molecule has 1 aromatic heterocycles. The number of carbonyl (C=O) groups is 1. The summed E-state index contributed by atoms with van der Waals surface area (Å²) in [4.78, 5) is 18.2. The fraction of sp³-hybridized carbons (Fsp3) is 0.625. The van der Waals surface area contributed by atoms with Crippen molar-refractivity contribution in [1.29, 1.82) is 0 Å². The number of piperidine rings is 1. The molecule has 0 bridgehead atoms. The minimum absolute atomic E-state index is 0. The Labute approximate surface area is 145 Å². The van der Waals surface area contributed by atoms with E-state index >= 15 is 0 Å². The number of hydrogen-bond donors (Lipinski definition) is 1. The van der Waals surface area contributed by atoms with E-state index < -0.39 is 0 Å². The molecule has 22 heavy (non-hydrogen) atoms. The van der Waals surface area contributed by atoms with Crippen molar-refractivity contribution in [2.24, 2.45) is 5.92 Å². The SMILES string of the molecule is CCNCC1CCN(C(=O)CCc2ccncc2)CC1.Cl.Cl. The quantitative estimate of drug-likeness (QED) is 0.860. The van der Waals surface area contributed by atoms with Gasteiger partial charge in [0.05, 0.1) is 0 Å². The van der Waals surface area contributed by atoms with Crippen molar-refractivity contribution in [3.8, 4) is 0 Å². The molecule has 1 N–H and O–H groups in total. The van der Waals surface area contributed by atoms with E-state index in [2.05, 4.69) is 17.2 Å². The molecule has 0 unspecified atom stereocenters. The number of nitrogens with zero attached hydrogens (tertiary/aromatic N) is 2. The van der Waals surface area contributed by atoms with E-state index in [1.165, 1.54) is 5.56 Å². The van der Waals surface area contributed by atoms with Crippen LogP contribution in [0.5, 0.6) is 0 Å². The Hall–Kier alpha value is -0.840. The average molecular weight is 348 g/mol. The third-order valence-corrected chi connectivity index (χ3v) is 4.03. The van der Waals surface area contributed by atoms with E-state index in [-0.39, 0.29) is 24.8 Å². The van der Waals surface area contributed by atoms with Crippen molar-refractivity contribution >= 4 is 30.7 Å². The first kappa shape index (κ1) is 21.2. The number of carbonyl (C=O) groups excluding carboxylic acids is 1. The number of halogens is 2. The zero-order chi connectivity index (χ0) is 14.2. The van der Waals surface area contributed by atoms with Gasteiger partial charge in [-0.15, -0.1) is 24.8 Å². The van der Waals surface area contributed by atoms with Gasteiger partial charge in [-0.25, -0.2) is 0 Å². The predicted molar refractivity (Wildman–Crippen MR) is 94.9 cm³/mol. The van der Waals surface area contributed by atoms with Gasteiger partial charge in [0.2, 0.25) is 5.91 Å². The molecular formula is C16H27Cl2N3O. The van der Waals surface area contributed by atoms with Gasteiger partial charge >= 0.3 is 0 Å². The molecular weight excluding hydrogens is 321 g/mol. The van der Waals surface area contributed by atoms with Crippen LogP contribution in [0.3, 0.4) is 0 Å². The van der Waals surface area contributed by atoms with E-state index in [9.17, 15) is 4.79 Å². The third kappa shape index (κ3) is 6.95. The van der Waals surface area contributed by atoms with Crippen LogP contribution in [-0.4, -0.2) is 42.0 Å². The summed E-state index contributed by atoms with van der Waals surface area (Å²) in [7, 11) is 0. The maximum absolute atomic E-state index is 12.2. The van der Waals surface area contributed by atoms with E-state index in [4.69, 9.17) is 0 Å². The average Bonchev–Trinajstić information content (AvgIpc) is 2.52. The number of hydrogen-bond acceptors (Lipinski definition) is 3. The van der Waals surface area contributed by atoms with Crippen LogP contribution in [0.15, 0.2) is 24.5 Å². The normalized spacial score (nSPS) is 14.9. The molecule has 1 fully saturated rings. The molecule has 0 atom stereocenters. The van der Waals surface area contributed by atoms with Crippen LogP contribution >= 0.6 is 24.8 Å². The summed E-state index contributed by atoms with van der Waals surface area (Å²) in [5.74, 6) is 1.03. The molecule has 126 valence electrons. The Morgan fingerprint density at radius 3 is 2.50 bits per heavy atom. The molecule has 2 heterocycles. The van der Waals surface area contributed by atoms with Crippen LogP contribution in [-0.2, 0) is 11.2 Å². The lowest BCUT2D eigenvalue weighted by Gasteiger charge is -2.32. The van der Waals surface area contributed by atoms with Crippen LogP contribution in [0.25, 0.3) is 0 Å². The highest BCUT2D eigenvalue weighted by molar-refractivity contribution is 5.85. The number of aryl methyl sites for hydroxylation is 1. The maximum atomic E-state index is 12.2. The summed E-state index contributed by atoms with van der Waals surface area (Å²) in [5, 5.41) is 3.40. The zero-order valence-corrected chi connectivity index (χ0v) is 14.8. The van der Waals surface area contributed by atoms with Gasteiger partial charge in [-0.2, -0.15) is 0 Å². The molecule has 1 aromatic rings. The summed E-state index contributed by atoms with van der Waals surface area (Å²) in [6.07, 6.45) is 7.26. The van der Waals surface area contributed by atoms with E-state index in [1.54, 1.807) is 12.4 Å². The highest BCUT2D eigenvalue weighted by atomic mass is 35.5. The van der Waals surface area contributed by atoms with E-state index in [0.717, 1.165) is 51.4 Å². The molecule has 1 saturated heterocycles. The van der Waals surface area contributed by atoms with Crippen LogP contribution < -0.4 is 5.32 Å². The second kappa shape index (κ2) is 11.7. The number of amides is 1. The molecule has 0 aliphatic carbocycles. The lowest BCUT2D eigenvalue weighted by Crippen LogP contribution is -2.40. The number of rotatable bonds is 6. The molecule has 6 heteroatoms. The Morgan fingerprint density at radius 1 is 1.27 bits per heavy atom. The van der Waals surface area contributed by atoms with Crippen molar-refractivity contribution in [3.63, 3.8) is 0 Å². The van der Waals surface area contributed by atoms with Crippen LogP contribution in [0, 0.1) is 5.92 Å². The highest BCUT2D eigenvalue weighted by Gasteiger charge is 2.21. The van der Waals surface area contributed by atoms with Gasteiger partial charge in [0.1, 0.15) is 0 Å². The molecule has 4 nitrogen and oxygen atoms in total. The topological polar surface area (TPSA) is 45.2 Å². The largest absolute Gasteiger partial charge is 0.343 e. The summed E-state index contributed by atoms with van der Waals surface area (Å²) in [6, 6.07) is 3.96. The van der Waals surface area contributed by atoms with Crippen molar-refractivity contribution in [2.45, 2.75) is 32.6 Å². The van der Waals surface area contributed by atoms with E-state index in [0.29, 0.717) is 12.3 Å². The molecule has 0 radical (unpaired) electrons. The van der Waals surface area contributed by atoms with Gasteiger partial charge in [0.25, 0.3) is 0 Å². The molecule has 0 spiro atoms. The Kier molecular flexibility index (Phi) is 11.2. The second-order valence-electron chi connectivity index (χ2n) is 5.49. The molecule has 1 aliphatic rings. The van der Waals surface area contributed by atoms with Crippen molar-refractivity contribution in [2.75, 3.05) is 26.2 Å². The van der Waals surface area contributed by atoms with Crippen molar-refractivity contribution in [1.82, 2.24) is 15.2 Å². The van der Waals surface area contributed by atoms with Crippen molar-refractivity contribution < 1.29 is 4.79 Å². The molecule has 0 aromatic carbocycles. The monoisotopic (exact) mass is 347 g/mol. The third-order valence-electron chi connectivity index (χ3n) is 4.03. The fourth-order valence-electron chi connectivity index (χ4n) is 2.69. The smallest absolute Gasteiger partial charge is 0.222 e. The lowest BCUT2D eigenvalue weighted by molar-refractivity contribution is -0.132. The summed E-state index contributed by atoms with van der Waals surface area (Å²) in [5.41, 5.74) is 1.19. The number of likely N-dealkylation sites (tertiary alicyclic amines) is 1. The first-order chi connectivity index (χ1) is 9.79. The van der Waals surface area contributed by atoms with Gasteiger partial charge in [-0.1, -0.05) is 6.92 Å². The van der Waals surface area contributed by atoms with Gasteiger partial charge in [-0.05, 0) is 56.0 Å². The number of nitrogens with one attached hydrogen (secondary N) is 1. The first-order valence-corrected chi connectivity index (χ1v) is 7.67. The fourth-order valence-corrected chi connectivity index (χ4v) is 2.69. The predicted octanol–water partition coefficient (Wildman–Crippen LogP) is 2.71. The Balaban J connectivity index is 0.00000220. The molecule has 1 amide bonds. The van der Waals surface area contributed by atoms with Crippen LogP contribution in [0.4, 0.5) is 0 Å². The summed E-state index contributed by atoms with van der Waals surface area (Å²) >= 11 is 0. The van der Waals surface area contributed by atoms with Crippen LogP contribution in [0.2, 0.25) is 0 Å². The minimum Gasteiger partial charge on any atom is -0.343 e. The summed E-state index contributed by atoms with van der Waals surface area (Å²) < 4.78 is 0. The maximum Gasteiger partial charge on any atom is 0.222 e. The Bertz CT molecular complexity index is 409. The lowest BCUT2D eigenvalue weighted by atomic mass is 9.96.